The van der Waals surface area contributed by atoms with Crippen LogP contribution in [-0.4, -0.2) is 24.1 Å². The molecule has 1 fully saturated rings. The molecular formula is C16H19ClN4. The van der Waals surface area contributed by atoms with Crippen LogP contribution in [0.25, 0.3) is 11.1 Å². The highest BCUT2D eigenvalue weighted by molar-refractivity contribution is 6.32. The first-order valence-electron chi connectivity index (χ1n) is 7.06. The topological polar surface area (TPSA) is 63.0 Å². The van der Waals surface area contributed by atoms with Crippen molar-refractivity contribution in [1.29, 1.82) is 0 Å². The van der Waals surface area contributed by atoms with Crippen molar-refractivity contribution in [3.8, 4) is 11.1 Å². The van der Waals surface area contributed by atoms with Crippen LogP contribution < -0.4 is 16.4 Å². The lowest BCUT2D eigenvalue weighted by molar-refractivity contribution is 0.578. The molecule has 0 unspecified atom stereocenters. The van der Waals surface area contributed by atoms with Gasteiger partial charge in [0.1, 0.15) is 5.15 Å². The van der Waals surface area contributed by atoms with Crippen LogP contribution in [0.4, 0.5) is 11.4 Å². The molecule has 4 nitrogen and oxygen atoms in total. The molecule has 2 aromatic rings. The molecule has 1 aliphatic rings. The molecule has 110 valence electrons. The molecule has 1 heterocycles. The Morgan fingerprint density at radius 3 is 2.62 bits per heavy atom. The molecule has 0 bridgehead atoms. The molecule has 0 radical (unpaired) electrons. The van der Waals surface area contributed by atoms with E-state index in [2.05, 4.69) is 15.6 Å². The first kappa shape index (κ1) is 14.2. The summed E-state index contributed by atoms with van der Waals surface area (Å²) in [5.41, 5.74) is 9.62. The van der Waals surface area contributed by atoms with E-state index in [0.717, 1.165) is 29.0 Å². The van der Waals surface area contributed by atoms with Crippen molar-refractivity contribution >= 4 is 23.0 Å². The highest BCUT2D eigenvalue weighted by atomic mass is 35.5. The minimum Gasteiger partial charge on any atom is -0.399 e. The lowest BCUT2D eigenvalue weighted by Crippen LogP contribution is -2.34. The number of aromatic nitrogens is 1. The SMILES string of the molecule is CNC1(CNc2cnc(Cl)c(-c3ccc(N)cc3)c2)CC1. The molecule has 1 aliphatic carbocycles. The van der Waals surface area contributed by atoms with Crippen LogP contribution >= 0.6 is 11.6 Å². The molecule has 0 saturated heterocycles. The molecule has 1 aromatic heterocycles. The van der Waals surface area contributed by atoms with E-state index in [-0.39, 0.29) is 5.54 Å². The highest BCUT2D eigenvalue weighted by Gasteiger charge is 2.40. The zero-order chi connectivity index (χ0) is 14.9. The molecule has 1 aromatic carbocycles. The molecule has 21 heavy (non-hydrogen) atoms. The Labute approximate surface area is 129 Å². The van der Waals surface area contributed by atoms with Crippen LogP contribution in [-0.2, 0) is 0 Å². The molecule has 5 heteroatoms. The van der Waals surface area contributed by atoms with Crippen molar-refractivity contribution in [2.45, 2.75) is 18.4 Å². The second-order valence-electron chi connectivity index (χ2n) is 5.57. The van der Waals surface area contributed by atoms with E-state index in [0.29, 0.717) is 5.15 Å². The fraction of sp³-hybridized carbons (Fsp3) is 0.312. The second kappa shape index (κ2) is 5.54. The fourth-order valence-electron chi connectivity index (χ4n) is 2.35. The van der Waals surface area contributed by atoms with Crippen LogP contribution in [0.15, 0.2) is 36.5 Å². The normalized spacial score (nSPS) is 15.7. The van der Waals surface area contributed by atoms with Gasteiger partial charge in [-0.15, -0.1) is 0 Å². The van der Waals surface area contributed by atoms with Crippen molar-refractivity contribution in [3.63, 3.8) is 0 Å². The predicted octanol–water partition coefficient (Wildman–Crippen LogP) is 3.15. The van der Waals surface area contributed by atoms with Crippen molar-refractivity contribution in [2.24, 2.45) is 0 Å². The number of nitrogen functional groups attached to an aromatic ring is 1. The zero-order valence-corrected chi connectivity index (χ0v) is 12.7. The lowest BCUT2D eigenvalue weighted by Gasteiger charge is -2.16. The summed E-state index contributed by atoms with van der Waals surface area (Å²) in [4.78, 5) is 4.28. The third-order valence-corrected chi connectivity index (χ3v) is 4.38. The van der Waals surface area contributed by atoms with Gasteiger partial charge in [0.05, 0.1) is 11.9 Å². The first-order valence-corrected chi connectivity index (χ1v) is 7.44. The van der Waals surface area contributed by atoms with Gasteiger partial charge in [-0.05, 0) is 43.7 Å². The number of rotatable bonds is 5. The standard InChI is InChI=1S/C16H19ClN4/c1-19-16(6-7-16)10-21-13-8-14(15(17)20-9-13)11-2-4-12(18)5-3-11/h2-5,8-9,19,21H,6-7,10,18H2,1H3. The van der Waals surface area contributed by atoms with E-state index in [1.165, 1.54) is 12.8 Å². The number of nitrogens with two attached hydrogens (primary N) is 1. The Balaban J connectivity index is 1.81. The third kappa shape index (κ3) is 3.12. The number of hydrogen-bond acceptors (Lipinski definition) is 4. The van der Waals surface area contributed by atoms with E-state index in [1.54, 1.807) is 6.20 Å². The third-order valence-electron chi connectivity index (χ3n) is 4.08. The van der Waals surface area contributed by atoms with Crippen molar-refractivity contribution in [1.82, 2.24) is 10.3 Å². The maximum absolute atomic E-state index is 6.22. The van der Waals surface area contributed by atoms with Crippen LogP contribution in [0.5, 0.6) is 0 Å². The van der Waals surface area contributed by atoms with Crippen molar-refractivity contribution in [2.75, 3.05) is 24.6 Å². The summed E-state index contributed by atoms with van der Waals surface area (Å²) in [7, 11) is 2.01. The summed E-state index contributed by atoms with van der Waals surface area (Å²) in [6.07, 6.45) is 4.19. The summed E-state index contributed by atoms with van der Waals surface area (Å²) in [5, 5.41) is 7.30. The van der Waals surface area contributed by atoms with Crippen molar-refractivity contribution < 1.29 is 0 Å². The summed E-state index contributed by atoms with van der Waals surface area (Å²) in [6, 6.07) is 9.68. The molecule has 0 amide bonds. The number of nitrogens with one attached hydrogen (secondary N) is 2. The second-order valence-corrected chi connectivity index (χ2v) is 5.93. The van der Waals surface area contributed by atoms with Gasteiger partial charge in [-0.2, -0.15) is 0 Å². The Morgan fingerprint density at radius 2 is 2.00 bits per heavy atom. The Bertz CT molecular complexity index is 635. The van der Waals surface area contributed by atoms with Gasteiger partial charge < -0.3 is 16.4 Å². The fourth-order valence-corrected chi connectivity index (χ4v) is 2.56. The monoisotopic (exact) mass is 302 g/mol. The number of benzene rings is 1. The molecule has 1 saturated carbocycles. The maximum Gasteiger partial charge on any atom is 0.136 e. The molecule has 3 rings (SSSR count). The maximum atomic E-state index is 6.22. The van der Waals surface area contributed by atoms with Gasteiger partial charge in [0, 0.05) is 23.3 Å². The lowest BCUT2D eigenvalue weighted by atomic mass is 10.1. The minimum absolute atomic E-state index is 0.251. The van der Waals surface area contributed by atoms with E-state index in [9.17, 15) is 0 Å². The summed E-state index contributed by atoms with van der Waals surface area (Å²) in [6.45, 7) is 0.897. The molecule has 0 aliphatic heterocycles. The van der Waals surface area contributed by atoms with Gasteiger partial charge in [0.15, 0.2) is 0 Å². The molecular weight excluding hydrogens is 284 g/mol. The average Bonchev–Trinajstić information content (AvgIpc) is 3.28. The molecule has 0 spiro atoms. The molecule has 4 N–H and O–H groups in total. The Hall–Kier alpha value is -1.78. The van der Waals surface area contributed by atoms with Gasteiger partial charge >= 0.3 is 0 Å². The van der Waals surface area contributed by atoms with E-state index < -0.39 is 0 Å². The number of nitrogens with zero attached hydrogens (tertiary/aromatic N) is 1. The van der Waals surface area contributed by atoms with Crippen LogP contribution in [0.2, 0.25) is 5.15 Å². The van der Waals surface area contributed by atoms with E-state index in [4.69, 9.17) is 17.3 Å². The average molecular weight is 303 g/mol. The quantitative estimate of drug-likeness (QED) is 0.586. The van der Waals surface area contributed by atoms with E-state index >= 15 is 0 Å². The predicted molar refractivity (Wildman–Crippen MR) is 88.6 cm³/mol. The van der Waals surface area contributed by atoms with Gasteiger partial charge in [-0.25, -0.2) is 4.98 Å². The largest absolute Gasteiger partial charge is 0.399 e. The number of hydrogen-bond donors (Lipinski definition) is 3. The van der Waals surface area contributed by atoms with Crippen LogP contribution in [0.3, 0.4) is 0 Å². The number of halogens is 1. The molecule has 0 atom stereocenters. The number of likely N-dealkylation sites (N-methyl/N-ethyl adjacent to an activating group) is 1. The van der Waals surface area contributed by atoms with E-state index in [1.807, 2.05) is 37.4 Å². The summed E-state index contributed by atoms with van der Waals surface area (Å²) in [5.74, 6) is 0. The highest BCUT2D eigenvalue weighted by Crippen LogP contribution is 2.35. The van der Waals surface area contributed by atoms with Gasteiger partial charge in [-0.3, -0.25) is 0 Å². The number of pyridine rings is 1. The van der Waals surface area contributed by atoms with Gasteiger partial charge in [0.2, 0.25) is 0 Å². The van der Waals surface area contributed by atoms with Crippen molar-refractivity contribution in [3.05, 3.63) is 41.7 Å². The number of anilines is 2. The van der Waals surface area contributed by atoms with Gasteiger partial charge in [-0.1, -0.05) is 23.7 Å². The van der Waals surface area contributed by atoms with Crippen LogP contribution in [0.1, 0.15) is 12.8 Å². The smallest absolute Gasteiger partial charge is 0.136 e. The van der Waals surface area contributed by atoms with Crippen LogP contribution in [0, 0.1) is 0 Å². The Morgan fingerprint density at radius 1 is 1.29 bits per heavy atom. The van der Waals surface area contributed by atoms with Gasteiger partial charge in [0.25, 0.3) is 0 Å². The summed E-state index contributed by atoms with van der Waals surface area (Å²) < 4.78 is 0. The minimum atomic E-state index is 0.251. The first-order chi connectivity index (χ1) is 10.1. The zero-order valence-electron chi connectivity index (χ0n) is 12.0. The Kier molecular flexibility index (Phi) is 3.74. The summed E-state index contributed by atoms with van der Waals surface area (Å²) >= 11 is 6.22.